The van der Waals surface area contributed by atoms with Crippen molar-refractivity contribution in [2.24, 2.45) is 0 Å². The van der Waals surface area contributed by atoms with Crippen molar-refractivity contribution in [3.05, 3.63) is 29.8 Å². The van der Waals surface area contributed by atoms with Crippen LogP contribution in [0.4, 0.5) is 0 Å². The lowest BCUT2D eigenvalue weighted by atomic mass is 10.1. The molecule has 1 aromatic rings. The van der Waals surface area contributed by atoms with Crippen molar-refractivity contribution in [2.45, 2.75) is 19.1 Å². The van der Waals surface area contributed by atoms with E-state index in [0.717, 1.165) is 32.0 Å². The fourth-order valence-electron chi connectivity index (χ4n) is 2.35. The van der Waals surface area contributed by atoms with Gasteiger partial charge in [0, 0.05) is 25.7 Å². The van der Waals surface area contributed by atoms with Crippen molar-refractivity contribution in [2.75, 3.05) is 40.4 Å². The number of methoxy groups -OCH3 is 1. The number of hydrogen-bond donors (Lipinski definition) is 1. The van der Waals surface area contributed by atoms with Gasteiger partial charge in [0.05, 0.1) is 19.8 Å². The van der Waals surface area contributed by atoms with Crippen LogP contribution >= 0.6 is 0 Å². The highest BCUT2D eigenvalue weighted by molar-refractivity contribution is 5.28. The highest BCUT2D eigenvalue weighted by atomic mass is 16.5. The molecular formula is C15H24N2O2. The molecule has 0 radical (unpaired) electrons. The Balaban J connectivity index is 1.91. The first-order valence-electron chi connectivity index (χ1n) is 6.87. The predicted octanol–water partition coefficient (Wildman–Crippen LogP) is 1.68. The number of ether oxygens (including phenoxy) is 2. The minimum absolute atomic E-state index is 0.291. The number of nitrogens with zero attached hydrogens (tertiary/aromatic N) is 1. The summed E-state index contributed by atoms with van der Waals surface area (Å²) in [5.74, 6) is 0.901. The van der Waals surface area contributed by atoms with Crippen molar-refractivity contribution in [3.8, 4) is 5.75 Å². The number of hydrogen-bond acceptors (Lipinski definition) is 4. The molecule has 19 heavy (non-hydrogen) atoms. The molecule has 1 aliphatic rings. The van der Waals surface area contributed by atoms with Gasteiger partial charge in [0.2, 0.25) is 0 Å². The maximum atomic E-state index is 5.75. The number of likely N-dealkylation sites (N-methyl/N-ethyl adjacent to an activating group) is 1. The standard InChI is InChI=1S/C15H24N2O2/c1-12(13-4-6-14(18-3)7-5-13)17(2)11-15-10-16-8-9-19-15/h4-7,12,15-16H,8-11H2,1-3H3. The minimum atomic E-state index is 0.291. The number of nitrogens with one attached hydrogen (secondary N) is 1. The van der Waals surface area contributed by atoms with Gasteiger partial charge in [-0.25, -0.2) is 0 Å². The highest BCUT2D eigenvalue weighted by Gasteiger charge is 2.19. The van der Waals surface area contributed by atoms with E-state index in [1.165, 1.54) is 5.56 Å². The molecule has 1 aliphatic heterocycles. The molecule has 1 fully saturated rings. The maximum absolute atomic E-state index is 5.75. The lowest BCUT2D eigenvalue weighted by Crippen LogP contribution is -2.44. The van der Waals surface area contributed by atoms with Gasteiger partial charge < -0.3 is 14.8 Å². The second-order valence-electron chi connectivity index (χ2n) is 5.09. The van der Waals surface area contributed by atoms with Gasteiger partial charge >= 0.3 is 0 Å². The summed E-state index contributed by atoms with van der Waals surface area (Å²) in [7, 11) is 3.84. The average molecular weight is 264 g/mol. The van der Waals surface area contributed by atoms with Crippen molar-refractivity contribution in [1.82, 2.24) is 10.2 Å². The summed E-state index contributed by atoms with van der Waals surface area (Å²) in [6, 6.07) is 8.65. The monoisotopic (exact) mass is 264 g/mol. The summed E-state index contributed by atoms with van der Waals surface area (Å²) < 4.78 is 10.9. The Labute approximate surface area is 115 Å². The Morgan fingerprint density at radius 3 is 2.74 bits per heavy atom. The molecule has 1 N–H and O–H groups in total. The zero-order valence-electron chi connectivity index (χ0n) is 12.1. The maximum Gasteiger partial charge on any atom is 0.118 e. The van der Waals surface area contributed by atoms with Gasteiger partial charge in [-0.1, -0.05) is 12.1 Å². The lowest BCUT2D eigenvalue weighted by Gasteiger charge is -2.31. The first-order chi connectivity index (χ1) is 9.20. The van der Waals surface area contributed by atoms with Crippen LogP contribution in [0.25, 0.3) is 0 Å². The van der Waals surface area contributed by atoms with Crippen LogP contribution in [0.3, 0.4) is 0 Å². The summed E-state index contributed by atoms with van der Waals surface area (Å²) >= 11 is 0. The Hall–Kier alpha value is -1.10. The topological polar surface area (TPSA) is 33.7 Å². The molecule has 0 aromatic heterocycles. The van der Waals surface area contributed by atoms with Gasteiger partial charge in [0.25, 0.3) is 0 Å². The SMILES string of the molecule is COc1ccc(C(C)N(C)CC2CNCCO2)cc1. The first-order valence-corrected chi connectivity index (χ1v) is 6.87. The zero-order chi connectivity index (χ0) is 13.7. The van der Waals surface area contributed by atoms with Gasteiger partial charge in [0.15, 0.2) is 0 Å². The van der Waals surface area contributed by atoms with E-state index in [0.29, 0.717) is 12.1 Å². The molecule has 1 heterocycles. The van der Waals surface area contributed by atoms with E-state index in [4.69, 9.17) is 9.47 Å². The Morgan fingerprint density at radius 1 is 1.42 bits per heavy atom. The average Bonchev–Trinajstić information content (AvgIpc) is 2.47. The second kappa shape index (κ2) is 6.89. The molecule has 2 atom stereocenters. The molecule has 4 heteroatoms. The largest absolute Gasteiger partial charge is 0.497 e. The van der Waals surface area contributed by atoms with Crippen molar-refractivity contribution < 1.29 is 9.47 Å². The van der Waals surface area contributed by atoms with Gasteiger partial charge in [-0.15, -0.1) is 0 Å². The molecule has 2 rings (SSSR count). The van der Waals surface area contributed by atoms with E-state index >= 15 is 0 Å². The van der Waals surface area contributed by atoms with Crippen LogP contribution in [0.1, 0.15) is 18.5 Å². The Kier molecular flexibility index (Phi) is 5.19. The van der Waals surface area contributed by atoms with Crippen LogP contribution in [0.2, 0.25) is 0 Å². The summed E-state index contributed by atoms with van der Waals surface area (Å²) in [5.41, 5.74) is 1.30. The zero-order valence-corrected chi connectivity index (χ0v) is 12.1. The third kappa shape index (κ3) is 3.93. The third-order valence-corrected chi connectivity index (χ3v) is 3.76. The fourth-order valence-corrected chi connectivity index (χ4v) is 2.35. The normalized spacial score (nSPS) is 21.4. The van der Waals surface area contributed by atoms with E-state index in [1.54, 1.807) is 7.11 Å². The number of morpholine rings is 1. The molecule has 0 aliphatic carbocycles. The van der Waals surface area contributed by atoms with Crippen molar-refractivity contribution >= 4 is 0 Å². The highest BCUT2D eigenvalue weighted by Crippen LogP contribution is 2.22. The molecule has 0 amide bonds. The van der Waals surface area contributed by atoms with Crippen LogP contribution in [-0.2, 0) is 4.74 Å². The smallest absolute Gasteiger partial charge is 0.118 e. The summed E-state index contributed by atoms with van der Waals surface area (Å²) in [6.45, 7) is 5.89. The molecule has 4 nitrogen and oxygen atoms in total. The summed E-state index contributed by atoms with van der Waals surface area (Å²) in [6.07, 6.45) is 0.291. The fraction of sp³-hybridized carbons (Fsp3) is 0.600. The van der Waals surface area contributed by atoms with E-state index in [2.05, 4.69) is 36.3 Å². The van der Waals surface area contributed by atoms with Crippen LogP contribution in [0.5, 0.6) is 5.75 Å². The number of benzene rings is 1. The first kappa shape index (κ1) is 14.3. The molecule has 1 saturated heterocycles. The van der Waals surface area contributed by atoms with Gasteiger partial charge in [-0.3, -0.25) is 4.90 Å². The molecule has 1 aromatic carbocycles. The van der Waals surface area contributed by atoms with Crippen LogP contribution in [0.15, 0.2) is 24.3 Å². The quantitative estimate of drug-likeness (QED) is 0.877. The third-order valence-electron chi connectivity index (χ3n) is 3.76. The minimum Gasteiger partial charge on any atom is -0.497 e. The van der Waals surface area contributed by atoms with E-state index in [1.807, 2.05) is 12.1 Å². The molecular weight excluding hydrogens is 240 g/mol. The lowest BCUT2D eigenvalue weighted by molar-refractivity contribution is 0.00393. The number of rotatable bonds is 5. The molecule has 2 unspecified atom stereocenters. The van der Waals surface area contributed by atoms with Gasteiger partial charge in [-0.05, 0) is 31.7 Å². The van der Waals surface area contributed by atoms with Crippen LogP contribution in [-0.4, -0.2) is 51.4 Å². The summed E-state index contributed by atoms with van der Waals surface area (Å²) in [4.78, 5) is 2.33. The second-order valence-corrected chi connectivity index (χ2v) is 5.09. The van der Waals surface area contributed by atoms with Gasteiger partial charge in [0.1, 0.15) is 5.75 Å². The summed E-state index contributed by atoms with van der Waals surface area (Å²) in [5, 5.41) is 3.37. The van der Waals surface area contributed by atoms with Gasteiger partial charge in [-0.2, -0.15) is 0 Å². The predicted molar refractivity (Wildman–Crippen MR) is 76.6 cm³/mol. The van der Waals surface area contributed by atoms with E-state index in [-0.39, 0.29) is 0 Å². The Morgan fingerprint density at radius 2 is 2.16 bits per heavy atom. The van der Waals surface area contributed by atoms with Crippen molar-refractivity contribution in [3.63, 3.8) is 0 Å². The molecule has 0 bridgehead atoms. The van der Waals surface area contributed by atoms with E-state index in [9.17, 15) is 0 Å². The molecule has 0 saturated carbocycles. The van der Waals surface area contributed by atoms with Crippen LogP contribution in [0, 0.1) is 0 Å². The molecule has 106 valence electrons. The van der Waals surface area contributed by atoms with Crippen LogP contribution < -0.4 is 10.1 Å². The van der Waals surface area contributed by atoms with Crippen molar-refractivity contribution in [1.29, 1.82) is 0 Å². The molecule has 0 spiro atoms. The van der Waals surface area contributed by atoms with E-state index < -0.39 is 0 Å². The Bertz CT molecular complexity index is 374.